The van der Waals surface area contributed by atoms with Gasteiger partial charge in [-0.1, -0.05) is 12.1 Å². The van der Waals surface area contributed by atoms with E-state index >= 15 is 0 Å². The van der Waals surface area contributed by atoms with E-state index in [-0.39, 0.29) is 18.2 Å². The third-order valence-corrected chi connectivity index (χ3v) is 6.84. The first-order chi connectivity index (χ1) is 17.1. The molecule has 0 unspecified atom stereocenters. The number of methoxy groups -OCH3 is 1. The Morgan fingerprint density at radius 3 is 2.53 bits per heavy atom. The number of hydrogen-bond acceptors (Lipinski definition) is 6. The summed E-state index contributed by atoms with van der Waals surface area (Å²) in [5.41, 5.74) is -1.45. The summed E-state index contributed by atoms with van der Waals surface area (Å²) < 4.78 is 43.6. The molecule has 1 aromatic heterocycles. The summed E-state index contributed by atoms with van der Waals surface area (Å²) in [6, 6.07) is 9.65. The number of pyridine rings is 1. The molecule has 1 aliphatic heterocycles. The molecule has 1 aromatic carbocycles. The molecule has 2 amide bonds. The molecule has 1 saturated carbocycles. The zero-order valence-corrected chi connectivity index (χ0v) is 19.8. The topological polar surface area (TPSA) is 104 Å². The van der Waals surface area contributed by atoms with Crippen molar-refractivity contribution < 1.29 is 32.6 Å². The molecule has 0 radical (unpaired) electrons. The van der Waals surface area contributed by atoms with Gasteiger partial charge in [0, 0.05) is 30.8 Å². The molecule has 194 valence electrons. The fourth-order valence-electron chi connectivity index (χ4n) is 4.77. The maximum absolute atomic E-state index is 12.8. The van der Waals surface area contributed by atoms with Crippen LogP contribution in [-0.2, 0) is 16.6 Å². The van der Waals surface area contributed by atoms with Gasteiger partial charge in [0.1, 0.15) is 5.60 Å². The molecule has 11 heteroatoms. The molecule has 1 aliphatic carbocycles. The quantitative estimate of drug-likeness (QED) is 0.533. The summed E-state index contributed by atoms with van der Waals surface area (Å²) in [5, 5.41) is 16.3. The van der Waals surface area contributed by atoms with Crippen molar-refractivity contribution in [3.63, 3.8) is 0 Å². The van der Waals surface area contributed by atoms with Crippen LogP contribution < -0.4 is 15.4 Å². The lowest BCUT2D eigenvalue weighted by Crippen LogP contribution is -2.63. The van der Waals surface area contributed by atoms with Crippen LogP contribution in [-0.4, -0.2) is 65.6 Å². The van der Waals surface area contributed by atoms with Crippen LogP contribution in [0.4, 0.5) is 13.2 Å². The molecule has 8 nitrogen and oxygen atoms in total. The highest BCUT2D eigenvalue weighted by Gasteiger charge is 2.41. The zero-order valence-electron chi connectivity index (χ0n) is 19.8. The molecule has 0 bridgehead atoms. The lowest BCUT2D eigenvalue weighted by molar-refractivity contribution is -0.137. The van der Waals surface area contributed by atoms with E-state index in [0.717, 1.165) is 31.0 Å². The normalized spacial score (nSPS) is 23.0. The number of hydrogen-bond donors (Lipinski definition) is 3. The van der Waals surface area contributed by atoms with E-state index in [9.17, 15) is 27.9 Å². The van der Waals surface area contributed by atoms with Crippen molar-refractivity contribution >= 4 is 11.8 Å². The first kappa shape index (κ1) is 25.9. The largest absolute Gasteiger partial charge is 0.481 e. The van der Waals surface area contributed by atoms with Crippen LogP contribution in [0.25, 0.3) is 0 Å². The maximum atomic E-state index is 12.8. The Kier molecular flexibility index (Phi) is 7.51. The monoisotopic (exact) mass is 506 g/mol. The van der Waals surface area contributed by atoms with E-state index in [1.54, 1.807) is 6.07 Å². The highest BCUT2D eigenvalue weighted by molar-refractivity contribution is 5.96. The molecule has 1 saturated heterocycles. The summed E-state index contributed by atoms with van der Waals surface area (Å²) in [5.74, 6) is -0.677. The van der Waals surface area contributed by atoms with Crippen molar-refractivity contribution in [2.24, 2.45) is 0 Å². The van der Waals surface area contributed by atoms with E-state index in [4.69, 9.17) is 4.74 Å². The predicted molar refractivity (Wildman–Crippen MR) is 124 cm³/mol. The summed E-state index contributed by atoms with van der Waals surface area (Å²) >= 11 is 0. The smallest absolute Gasteiger partial charge is 0.416 e. The van der Waals surface area contributed by atoms with Crippen LogP contribution in [0.3, 0.4) is 0 Å². The average molecular weight is 507 g/mol. The molecular formula is C25H29F3N4O4. The molecule has 2 heterocycles. The van der Waals surface area contributed by atoms with Crippen LogP contribution in [0, 0.1) is 0 Å². The minimum atomic E-state index is -4.55. The third-order valence-electron chi connectivity index (χ3n) is 6.84. The summed E-state index contributed by atoms with van der Waals surface area (Å²) in [7, 11) is 1.54. The van der Waals surface area contributed by atoms with Gasteiger partial charge in [0.15, 0.2) is 0 Å². The van der Waals surface area contributed by atoms with E-state index < -0.39 is 29.2 Å². The van der Waals surface area contributed by atoms with E-state index in [0.29, 0.717) is 43.5 Å². The minimum absolute atomic E-state index is 0.0659. The van der Waals surface area contributed by atoms with Crippen LogP contribution in [0.15, 0.2) is 42.5 Å². The second-order valence-electron chi connectivity index (χ2n) is 9.31. The van der Waals surface area contributed by atoms with Crippen molar-refractivity contribution in [1.82, 2.24) is 20.5 Å². The molecular weight excluding hydrogens is 477 g/mol. The van der Waals surface area contributed by atoms with Gasteiger partial charge in [0.25, 0.3) is 5.91 Å². The number of nitrogens with one attached hydrogen (secondary N) is 2. The van der Waals surface area contributed by atoms with Crippen molar-refractivity contribution in [1.29, 1.82) is 0 Å². The number of halogens is 3. The predicted octanol–water partition coefficient (Wildman–Crippen LogP) is 2.47. The van der Waals surface area contributed by atoms with Crippen LogP contribution >= 0.6 is 0 Å². The number of benzene rings is 1. The van der Waals surface area contributed by atoms with Gasteiger partial charge in [-0.05, 0) is 49.9 Å². The number of rotatable bonds is 7. The first-order valence-electron chi connectivity index (χ1n) is 11.8. The van der Waals surface area contributed by atoms with Crippen LogP contribution in [0.1, 0.15) is 47.3 Å². The third kappa shape index (κ3) is 5.96. The Morgan fingerprint density at radius 1 is 1.17 bits per heavy atom. The zero-order chi connectivity index (χ0) is 25.9. The van der Waals surface area contributed by atoms with Crippen molar-refractivity contribution in [2.45, 2.75) is 49.5 Å². The molecule has 2 aromatic rings. The number of aliphatic hydroxyl groups is 1. The number of carbonyl (C=O) groups is 2. The number of aromatic nitrogens is 1. The van der Waals surface area contributed by atoms with Gasteiger partial charge < -0.3 is 20.5 Å². The van der Waals surface area contributed by atoms with Gasteiger partial charge in [-0.15, -0.1) is 0 Å². The number of carbonyl (C=O) groups excluding carboxylic acids is 2. The van der Waals surface area contributed by atoms with Gasteiger partial charge >= 0.3 is 6.18 Å². The Labute approximate surface area is 206 Å². The molecule has 2 aliphatic rings. The molecule has 36 heavy (non-hydrogen) atoms. The fraction of sp³-hybridized carbons (Fsp3) is 0.480. The Balaban J connectivity index is 1.18. The lowest BCUT2D eigenvalue weighted by atomic mass is 9.78. The lowest BCUT2D eigenvalue weighted by Gasteiger charge is -2.48. The molecule has 2 fully saturated rings. The second kappa shape index (κ2) is 10.4. The maximum Gasteiger partial charge on any atom is 0.416 e. The minimum Gasteiger partial charge on any atom is -0.481 e. The highest BCUT2D eigenvalue weighted by atomic mass is 19.4. The van der Waals surface area contributed by atoms with Crippen molar-refractivity contribution in [3.05, 3.63) is 59.3 Å². The van der Waals surface area contributed by atoms with E-state index in [2.05, 4.69) is 20.5 Å². The number of ether oxygens (including phenoxy) is 1. The first-order valence-corrected chi connectivity index (χ1v) is 11.8. The van der Waals surface area contributed by atoms with Crippen LogP contribution in [0.2, 0.25) is 0 Å². The van der Waals surface area contributed by atoms with Gasteiger partial charge in [-0.25, -0.2) is 4.98 Å². The highest BCUT2D eigenvalue weighted by Crippen LogP contribution is 2.39. The number of nitrogens with zero attached hydrogens (tertiary/aromatic N) is 2. The van der Waals surface area contributed by atoms with Crippen LogP contribution in [0.5, 0.6) is 5.88 Å². The molecule has 0 spiro atoms. The van der Waals surface area contributed by atoms with E-state index in [1.807, 2.05) is 12.1 Å². The number of likely N-dealkylation sites (tertiary alicyclic amines) is 1. The second-order valence-corrected chi connectivity index (χ2v) is 9.31. The molecule has 0 atom stereocenters. The van der Waals surface area contributed by atoms with Gasteiger partial charge in [-0.2, -0.15) is 13.2 Å². The van der Waals surface area contributed by atoms with Gasteiger partial charge in [-0.3, -0.25) is 14.5 Å². The average Bonchev–Trinajstić information content (AvgIpc) is 2.85. The van der Waals surface area contributed by atoms with Crippen molar-refractivity contribution in [3.8, 4) is 5.88 Å². The Hall–Kier alpha value is -3.18. The summed E-state index contributed by atoms with van der Waals surface area (Å²) in [6.45, 7) is 0.997. The van der Waals surface area contributed by atoms with Gasteiger partial charge in [0.2, 0.25) is 11.8 Å². The Morgan fingerprint density at radius 2 is 1.86 bits per heavy atom. The fourth-order valence-corrected chi connectivity index (χ4v) is 4.77. The number of alkyl halides is 3. The van der Waals surface area contributed by atoms with Gasteiger partial charge in [0.05, 0.1) is 31.0 Å². The SMILES string of the molecule is COc1cccc(C2(O)CCC(N3CC(NC(=O)CNC(=O)c4cccc(C(F)(F)F)c4)C3)CC2)n1. The standard InChI is InChI=1S/C25H29F3N4O4/c1-36-22-7-3-6-20(31-22)24(35)10-8-19(9-11-24)32-14-18(15-32)30-21(33)13-29-23(34)16-4-2-5-17(12-16)25(26,27)28/h2-7,12,18-19,35H,8-11,13-15H2,1H3,(H,29,34)(H,30,33). The summed E-state index contributed by atoms with van der Waals surface area (Å²) in [4.78, 5) is 31.0. The molecule has 4 rings (SSSR count). The number of amides is 2. The Bertz CT molecular complexity index is 1100. The molecule has 3 N–H and O–H groups in total. The summed E-state index contributed by atoms with van der Waals surface area (Å²) in [6.07, 6.45) is -1.81. The van der Waals surface area contributed by atoms with Crippen molar-refractivity contribution in [2.75, 3.05) is 26.7 Å². The van der Waals surface area contributed by atoms with E-state index in [1.165, 1.54) is 13.2 Å².